The van der Waals surface area contributed by atoms with Gasteiger partial charge in [0.1, 0.15) is 11.8 Å². The second-order valence-electron chi connectivity index (χ2n) is 2.65. The van der Waals surface area contributed by atoms with Crippen LogP contribution in [-0.2, 0) is 0 Å². The zero-order chi connectivity index (χ0) is 10.4. The highest BCUT2D eigenvalue weighted by Crippen LogP contribution is 2.27. The van der Waals surface area contributed by atoms with Crippen molar-refractivity contribution in [2.45, 2.75) is 11.7 Å². The molecule has 1 aromatic heterocycles. The van der Waals surface area contributed by atoms with E-state index in [0.29, 0.717) is 12.1 Å². The topological polar surface area (TPSA) is 60.5 Å². The predicted molar refractivity (Wildman–Crippen MR) is 55.4 cm³/mol. The van der Waals surface area contributed by atoms with Gasteiger partial charge in [0, 0.05) is 0 Å². The average Bonchev–Trinajstić information content (AvgIpc) is 2.26. The Morgan fingerprint density at radius 3 is 2.86 bits per heavy atom. The fourth-order valence-corrected chi connectivity index (χ4v) is 1.70. The molecule has 0 amide bonds. The van der Waals surface area contributed by atoms with Gasteiger partial charge in [-0.1, -0.05) is 6.07 Å². The van der Waals surface area contributed by atoms with Gasteiger partial charge in [0.05, 0.1) is 23.4 Å². The Kier molecular flexibility index (Phi) is 3.97. The fraction of sp³-hybridized carbons (Fsp3) is 0.300. The molecule has 0 radical (unpaired) electrons. The molecule has 3 nitrogen and oxygen atoms in total. The maximum absolute atomic E-state index is 8.66. The molecule has 0 saturated heterocycles. The summed E-state index contributed by atoms with van der Waals surface area (Å²) in [5, 5.41) is 17.3. The highest BCUT2D eigenvalue weighted by atomic mass is 32.2. The summed E-state index contributed by atoms with van der Waals surface area (Å²) in [6, 6.07) is 9.40. The van der Waals surface area contributed by atoms with Crippen molar-refractivity contribution in [1.29, 1.82) is 10.5 Å². The van der Waals surface area contributed by atoms with Crippen molar-refractivity contribution in [3.8, 4) is 12.1 Å². The van der Waals surface area contributed by atoms with Gasteiger partial charge in [0.25, 0.3) is 0 Å². The number of nitriles is 2. The van der Waals surface area contributed by atoms with Crippen LogP contribution in [-0.4, -0.2) is 11.2 Å². The largest absolute Gasteiger partial charge is 0.241 e. The van der Waals surface area contributed by atoms with Gasteiger partial charge in [0.15, 0.2) is 0 Å². The molecule has 4 heteroatoms. The van der Waals surface area contributed by atoms with Crippen molar-refractivity contribution < 1.29 is 0 Å². The zero-order valence-corrected chi connectivity index (χ0v) is 8.58. The van der Waals surface area contributed by atoms with E-state index in [0.717, 1.165) is 5.69 Å². The smallest absolute Gasteiger partial charge is 0.140 e. The second-order valence-corrected chi connectivity index (χ2v) is 3.69. The van der Waals surface area contributed by atoms with Crippen LogP contribution in [0.15, 0.2) is 18.2 Å². The van der Waals surface area contributed by atoms with Crippen LogP contribution in [0.2, 0.25) is 0 Å². The molecule has 1 unspecified atom stereocenters. The van der Waals surface area contributed by atoms with Crippen molar-refractivity contribution in [1.82, 2.24) is 4.98 Å². The quantitative estimate of drug-likeness (QED) is 0.756. The van der Waals surface area contributed by atoms with Gasteiger partial charge in [-0.25, -0.2) is 4.98 Å². The highest BCUT2D eigenvalue weighted by Gasteiger charge is 2.11. The van der Waals surface area contributed by atoms with E-state index in [1.165, 1.54) is 0 Å². The molecule has 1 rings (SSSR count). The third-order valence-electron chi connectivity index (χ3n) is 1.78. The lowest BCUT2D eigenvalue weighted by atomic mass is 10.2. The summed E-state index contributed by atoms with van der Waals surface area (Å²) in [4.78, 5) is 4.15. The lowest BCUT2D eigenvalue weighted by Gasteiger charge is -2.09. The SMILES string of the molecule is CSC(CC#N)c1cccc(C#N)n1. The Morgan fingerprint density at radius 2 is 2.29 bits per heavy atom. The van der Waals surface area contributed by atoms with Crippen molar-refractivity contribution >= 4 is 11.8 Å². The predicted octanol–water partition coefficient (Wildman–Crippen LogP) is 2.27. The molecule has 14 heavy (non-hydrogen) atoms. The maximum Gasteiger partial charge on any atom is 0.140 e. The van der Waals surface area contributed by atoms with Gasteiger partial charge in [-0.05, 0) is 18.4 Å². The van der Waals surface area contributed by atoms with Crippen LogP contribution >= 0.6 is 11.8 Å². The van der Waals surface area contributed by atoms with Gasteiger partial charge in [-0.2, -0.15) is 22.3 Å². The molecular formula is C10H9N3S. The second kappa shape index (κ2) is 5.26. The van der Waals surface area contributed by atoms with E-state index in [1.54, 1.807) is 23.9 Å². The zero-order valence-electron chi connectivity index (χ0n) is 7.77. The number of nitrogens with zero attached hydrogens (tertiary/aromatic N) is 3. The molecule has 0 aliphatic rings. The summed E-state index contributed by atoms with van der Waals surface area (Å²) < 4.78 is 0. The highest BCUT2D eigenvalue weighted by molar-refractivity contribution is 7.98. The molecule has 0 spiro atoms. The normalized spacial score (nSPS) is 11.4. The summed E-state index contributed by atoms with van der Waals surface area (Å²) in [7, 11) is 0. The van der Waals surface area contributed by atoms with Crippen LogP contribution < -0.4 is 0 Å². The summed E-state index contributed by atoms with van der Waals surface area (Å²) in [6.45, 7) is 0. The molecule has 0 bridgehead atoms. The van der Waals surface area contributed by atoms with Crippen LogP contribution in [0.3, 0.4) is 0 Å². The minimum atomic E-state index is 0.0632. The van der Waals surface area contributed by atoms with E-state index < -0.39 is 0 Å². The van der Waals surface area contributed by atoms with Crippen LogP contribution in [0.25, 0.3) is 0 Å². The molecule has 0 N–H and O–H groups in total. The van der Waals surface area contributed by atoms with Crippen LogP contribution in [0, 0.1) is 22.7 Å². The fourth-order valence-electron chi connectivity index (χ4n) is 1.08. The molecule has 1 atom stereocenters. The summed E-state index contributed by atoms with van der Waals surface area (Å²) in [6.07, 6.45) is 2.35. The Morgan fingerprint density at radius 1 is 1.50 bits per heavy atom. The van der Waals surface area contributed by atoms with E-state index >= 15 is 0 Å². The number of hydrogen-bond donors (Lipinski definition) is 0. The summed E-state index contributed by atoms with van der Waals surface area (Å²) >= 11 is 1.57. The molecule has 1 aromatic rings. The minimum Gasteiger partial charge on any atom is -0.241 e. The van der Waals surface area contributed by atoms with E-state index in [4.69, 9.17) is 10.5 Å². The first-order valence-corrected chi connectivity index (χ1v) is 5.37. The molecule has 1 heterocycles. The Labute approximate surface area is 87.4 Å². The minimum absolute atomic E-state index is 0.0632. The van der Waals surface area contributed by atoms with Crippen LogP contribution in [0.4, 0.5) is 0 Å². The van der Waals surface area contributed by atoms with Gasteiger partial charge < -0.3 is 0 Å². The average molecular weight is 203 g/mol. The Balaban J connectivity index is 2.94. The monoisotopic (exact) mass is 203 g/mol. The molecule has 0 aliphatic carbocycles. The summed E-state index contributed by atoms with van der Waals surface area (Å²) in [5.74, 6) is 0. The van der Waals surface area contributed by atoms with Crippen LogP contribution in [0.5, 0.6) is 0 Å². The van der Waals surface area contributed by atoms with Crippen molar-refractivity contribution in [2.75, 3.05) is 6.26 Å². The third-order valence-corrected chi connectivity index (χ3v) is 2.75. The number of aromatic nitrogens is 1. The van der Waals surface area contributed by atoms with Gasteiger partial charge in [-0.3, -0.25) is 0 Å². The van der Waals surface area contributed by atoms with E-state index in [9.17, 15) is 0 Å². The molecule has 0 aliphatic heterocycles. The molecular weight excluding hydrogens is 194 g/mol. The lowest BCUT2D eigenvalue weighted by Crippen LogP contribution is -1.97. The number of thioether (sulfide) groups is 1. The van der Waals surface area contributed by atoms with E-state index in [-0.39, 0.29) is 5.25 Å². The molecule has 0 fully saturated rings. The number of pyridine rings is 1. The van der Waals surface area contributed by atoms with Gasteiger partial charge >= 0.3 is 0 Å². The standard InChI is InChI=1S/C10H9N3S/c1-14-10(5-6-11)9-4-2-3-8(7-12)13-9/h2-4,10H,5H2,1H3. The van der Waals surface area contributed by atoms with Gasteiger partial charge in [-0.15, -0.1) is 0 Å². The maximum atomic E-state index is 8.66. The van der Waals surface area contributed by atoms with Gasteiger partial charge in [0.2, 0.25) is 0 Å². The molecule has 70 valence electrons. The van der Waals surface area contributed by atoms with Crippen molar-refractivity contribution in [3.05, 3.63) is 29.6 Å². The number of rotatable bonds is 3. The molecule has 0 saturated carbocycles. The van der Waals surface area contributed by atoms with Crippen molar-refractivity contribution in [3.63, 3.8) is 0 Å². The van der Waals surface area contributed by atoms with Crippen LogP contribution in [0.1, 0.15) is 23.1 Å². The van der Waals surface area contributed by atoms with Crippen molar-refractivity contribution in [2.24, 2.45) is 0 Å². The van der Waals surface area contributed by atoms with E-state index in [1.807, 2.05) is 18.4 Å². The Bertz CT molecular complexity index is 389. The third kappa shape index (κ3) is 2.48. The first-order valence-electron chi connectivity index (χ1n) is 4.08. The first-order chi connectivity index (χ1) is 6.81. The lowest BCUT2D eigenvalue weighted by molar-refractivity contribution is 0.922. The van der Waals surface area contributed by atoms with E-state index in [2.05, 4.69) is 11.1 Å². The summed E-state index contributed by atoms with van der Waals surface area (Å²) in [5.41, 5.74) is 1.21. The molecule has 0 aromatic carbocycles. The number of hydrogen-bond acceptors (Lipinski definition) is 4. The first kappa shape index (κ1) is 10.6. The Hall–Kier alpha value is -1.52.